The lowest BCUT2D eigenvalue weighted by atomic mass is 9.91. The van der Waals surface area contributed by atoms with Crippen LogP contribution in [0.4, 0.5) is 5.69 Å². The number of hydrogen-bond acceptors (Lipinski definition) is 4. The van der Waals surface area contributed by atoms with Gasteiger partial charge in [-0.3, -0.25) is 9.59 Å². The van der Waals surface area contributed by atoms with Gasteiger partial charge in [-0.15, -0.1) is 0 Å². The molecule has 1 aromatic carbocycles. The van der Waals surface area contributed by atoms with Crippen molar-refractivity contribution >= 4 is 17.6 Å². The van der Waals surface area contributed by atoms with E-state index in [1.807, 2.05) is 30.3 Å². The molecular formula is C19H30N2O4. The predicted molar refractivity (Wildman–Crippen MR) is 98.2 cm³/mol. The average molecular weight is 350 g/mol. The molecule has 25 heavy (non-hydrogen) atoms. The normalized spacial score (nSPS) is 13.2. The summed E-state index contributed by atoms with van der Waals surface area (Å²) in [7, 11) is 0. The third kappa shape index (κ3) is 10.5. The Morgan fingerprint density at radius 1 is 1.04 bits per heavy atom. The summed E-state index contributed by atoms with van der Waals surface area (Å²) in [6.45, 7) is 0.461. The molecule has 0 fully saturated rings. The van der Waals surface area contributed by atoms with Crippen LogP contribution in [0.5, 0.6) is 0 Å². The number of aliphatic hydroxyl groups is 1. The van der Waals surface area contributed by atoms with Crippen LogP contribution in [0, 0.1) is 5.92 Å². The van der Waals surface area contributed by atoms with E-state index < -0.39 is 12.1 Å². The topological polar surface area (TPSA) is 113 Å². The summed E-state index contributed by atoms with van der Waals surface area (Å²) in [4.78, 5) is 22.9. The molecule has 0 aliphatic carbocycles. The van der Waals surface area contributed by atoms with Crippen LogP contribution in [-0.2, 0) is 9.59 Å². The Morgan fingerprint density at radius 3 is 2.36 bits per heavy atom. The first-order valence-corrected chi connectivity index (χ1v) is 8.96. The maximum Gasteiger partial charge on any atom is 0.303 e. The lowest BCUT2D eigenvalue weighted by Gasteiger charge is -2.17. The first-order valence-electron chi connectivity index (χ1n) is 8.96. The Labute approximate surface area is 149 Å². The zero-order valence-electron chi connectivity index (χ0n) is 14.7. The number of carboxylic acids is 1. The summed E-state index contributed by atoms with van der Waals surface area (Å²) >= 11 is 0. The SMILES string of the molecule is NCCC(O)CCCC(CCCC(=O)O)CC(=O)Nc1ccccc1. The van der Waals surface area contributed by atoms with E-state index in [9.17, 15) is 14.7 Å². The number of carbonyl (C=O) groups is 2. The third-order valence-corrected chi connectivity index (χ3v) is 4.18. The van der Waals surface area contributed by atoms with Crippen LogP contribution in [-0.4, -0.2) is 34.7 Å². The molecule has 2 atom stereocenters. The van der Waals surface area contributed by atoms with Crippen LogP contribution >= 0.6 is 0 Å². The van der Waals surface area contributed by atoms with Crippen molar-refractivity contribution in [3.63, 3.8) is 0 Å². The summed E-state index contributed by atoms with van der Waals surface area (Å²) in [6, 6.07) is 9.27. The summed E-state index contributed by atoms with van der Waals surface area (Å²) in [5.74, 6) is -0.756. The zero-order valence-corrected chi connectivity index (χ0v) is 14.7. The molecular weight excluding hydrogens is 320 g/mol. The minimum absolute atomic E-state index is 0.0611. The Balaban J connectivity index is 2.45. The largest absolute Gasteiger partial charge is 0.481 e. The van der Waals surface area contributed by atoms with Crippen LogP contribution < -0.4 is 11.1 Å². The molecule has 140 valence electrons. The van der Waals surface area contributed by atoms with Gasteiger partial charge in [0.1, 0.15) is 0 Å². The second-order valence-corrected chi connectivity index (χ2v) is 6.43. The first-order chi connectivity index (χ1) is 12.0. The molecule has 2 unspecified atom stereocenters. The number of benzene rings is 1. The molecule has 0 heterocycles. The fourth-order valence-electron chi connectivity index (χ4n) is 2.86. The number of carbonyl (C=O) groups excluding carboxylic acids is 1. The molecule has 0 aliphatic heterocycles. The van der Waals surface area contributed by atoms with Gasteiger partial charge >= 0.3 is 5.97 Å². The van der Waals surface area contributed by atoms with Gasteiger partial charge in [0.15, 0.2) is 0 Å². The number of para-hydroxylation sites is 1. The van der Waals surface area contributed by atoms with Crippen LogP contribution in [0.25, 0.3) is 0 Å². The molecule has 0 aromatic heterocycles. The van der Waals surface area contributed by atoms with Crippen LogP contribution in [0.15, 0.2) is 30.3 Å². The van der Waals surface area contributed by atoms with E-state index in [1.165, 1.54) is 0 Å². The van der Waals surface area contributed by atoms with Crippen molar-refractivity contribution in [1.29, 1.82) is 0 Å². The zero-order chi connectivity index (χ0) is 18.5. The van der Waals surface area contributed by atoms with E-state index in [0.29, 0.717) is 38.6 Å². The molecule has 6 nitrogen and oxygen atoms in total. The van der Waals surface area contributed by atoms with Crippen molar-refractivity contribution in [3.05, 3.63) is 30.3 Å². The minimum Gasteiger partial charge on any atom is -0.481 e. The highest BCUT2D eigenvalue weighted by atomic mass is 16.4. The number of nitrogens with two attached hydrogens (primary N) is 1. The standard InChI is InChI=1S/C19H30N2O4/c20-13-12-17(22)10-4-6-15(7-5-11-19(24)25)14-18(23)21-16-8-2-1-3-9-16/h1-3,8-9,15,17,22H,4-7,10-14,20H2,(H,21,23)(H,24,25). The van der Waals surface area contributed by atoms with Crippen molar-refractivity contribution in [2.45, 2.75) is 57.5 Å². The molecule has 1 amide bonds. The van der Waals surface area contributed by atoms with Crippen molar-refractivity contribution in [3.8, 4) is 0 Å². The molecule has 0 radical (unpaired) electrons. The van der Waals surface area contributed by atoms with Crippen LogP contribution in [0.2, 0.25) is 0 Å². The monoisotopic (exact) mass is 350 g/mol. The van der Waals surface area contributed by atoms with Gasteiger partial charge < -0.3 is 21.3 Å². The summed E-state index contributed by atoms with van der Waals surface area (Å²) in [6.07, 6.45) is 4.17. The fraction of sp³-hybridized carbons (Fsp3) is 0.579. The molecule has 1 aromatic rings. The van der Waals surface area contributed by atoms with Crippen molar-refractivity contribution in [1.82, 2.24) is 0 Å². The highest BCUT2D eigenvalue weighted by Gasteiger charge is 2.15. The van der Waals surface area contributed by atoms with E-state index in [0.717, 1.165) is 18.5 Å². The Hall–Kier alpha value is -1.92. The number of nitrogens with one attached hydrogen (secondary N) is 1. The van der Waals surface area contributed by atoms with Crippen molar-refractivity contribution < 1.29 is 19.8 Å². The van der Waals surface area contributed by atoms with Gasteiger partial charge in [0.25, 0.3) is 0 Å². The van der Waals surface area contributed by atoms with Crippen LogP contribution in [0.3, 0.4) is 0 Å². The maximum atomic E-state index is 12.2. The second kappa shape index (κ2) is 12.4. The molecule has 0 aliphatic rings. The molecule has 1 rings (SSSR count). The van der Waals surface area contributed by atoms with Gasteiger partial charge in [0.2, 0.25) is 5.91 Å². The Bertz CT molecular complexity index is 507. The van der Waals surface area contributed by atoms with Crippen molar-refractivity contribution in [2.24, 2.45) is 11.7 Å². The van der Waals surface area contributed by atoms with Gasteiger partial charge in [-0.2, -0.15) is 0 Å². The summed E-state index contributed by atoms with van der Waals surface area (Å²) in [5, 5.41) is 21.4. The smallest absolute Gasteiger partial charge is 0.303 e. The van der Waals surface area contributed by atoms with E-state index in [4.69, 9.17) is 10.8 Å². The molecule has 0 spiro atoms. The Morgan fingerprint density at radius 2 is 1.72 bits per heavy atom. The number of amides is 1. The highest BCUT2D eigenvalue weighted by molar-refractivity contribution is 5.90. The third-order valence-electron chi connectivity index (χ3n) is 4.18. The highest BCUT2D eigenvalue weighted by Crippen LogP contribution is 2.22. The minimum atomic E-state index is -0.814. The second-order valence-electron chi connectivity index (χ2n) is 6.43. The van der Waals surface area contributed by atoms with E-state index in [-0.39, 0.29) is 18.2 Å². The first kappa shape index (κ1) is 21.1. The summed E-state index contributed by atoms with van der Waals surface area (Å²) < 4.78 is 0. The Kier molecular flexibility index (Phi) is 10.5. The van der Waals surface area contributed by atoms with Gasteiger partial charge in [-0.1, -0.05) is 24.6 Å². The average Bonchev–Trinajstić information content (AvgIpc) is 2.55. The van der Waals surface area contributed by atoms with Gasteiger partial charge in [-0.05, 0) is 56.7 Å². The molecule has 0 saturated carbocycles. The molecule has 5 N–H and O–H groups in total. The number of aliphatic hydroxyl groups excluding tert-OH is 1. The van der Waals surface area contributed by atoms with Crippen molar-refractivity contribution in [2.75, 3.05) is 11.9 Å². The maximum absolute atomic E-state index is 12.2. The number of rotatable bonds is 13. The predicted octanol–water partition coefficient (Wildman–Crippen LogP) is 2.77. The lowest BCUT2D eigenvalue weighted by molar-refractivity contribution is -0.137. The van der Waals surface area contributed by atoms with E-state index >= 15 is 0 Å². The summed E-state index contributed by atoms with van der Waals surface area (Å²) in [5.41, 5.74) is 6.19. The molecule has 6 heteroatoms. The van der Waals surface area contributed by atoms with Crippen LogP contribution in [0.1, 0.15) is 51.4 Å². The quantitative estimate of drug-likeness (QED) is 0.437. The van der Waals surface area contributed by atoms with Gasteiger partial charge in [0.05, 0.1) is 6.10 Å². The number of carboxylic acid groups (broad SMARTS) is 1. The van der Waals surface area contributed by atoms with E-state index in [2.05, 4.69) is 5.32 Å². The fourth-order valence-corrected chi connectivity index (χ4v) is 2.86. The number of hydrogen-bond donors (Lipinski definition) is 4. The lowest BCUT2D eigenvalue weighted by Crippen LogP contribution is -2.18. The molecule has 0 saturated heterocycles. The molecule has 0 bridgehead atoms. The number of aliphatic carboxylic acids is 1. The number of anilines is 1. The van der Waals surface area contributed by atoms with E-state index in [1.54, 1.807) is 0 Å². The van der Waals surface area contributed by atoms with Gasteiger partial charge in [0, 0.05) is 18.5 Å². The van der Waals surface area contributed by atoms with Gasteiger partial charge in [-0.25, -0.2) is 0 Å².